The van der Waals surface area contributed by atoms with Crippen LogP contribution in [-0.2, 0) is 0 Å². The molecule has 0 atom stereocenters. The van der Waals surface area contributed by atoms with Crippen molar-refractivity contribution in [3.05, 3.63) is 30.6 Å². The molecular weight excluding hydrogens is 316 g/mol. The number of ether oxygens (including phenoxy) is 1. The summed E-state index contributed by atoms with van der Waals surface area (Å²) in [6.45, 7) is 2.18. The maximum atomic E-state index is 6.37. The molecule has 25 heavy (non-hydrogen) atoms. The second kappa shape index (κ2) is 7.57. The van der Waals surface area contributed by atoms with Crippen molar-refractivity contribution >= 4 is 23.0 Å². The summed E-state index contributed by atoms with van der Waals surface area (Å²) in [6, 6.07) is 8.11. The lowest BCUT2D eigenvalue weighted by atomic mass is 10.0. The molecule has 0 unspecified atom stereocenters. The third-order valence-electron chi connectivity index (χ3n) is 4.77. The van der Waals surface area contributed by atoms with Gasteiger partial charge in [0.2, 0.25) is 0 Å². The molecule has 0 bridgehead atoms. The van der Waals surface area contributed by atoms with Crippen LogP contribution < -0.4 is 20.7 Å². The number of hydrogen-bond acceptors (Lipinski definition) is 7. The molecule has 0 aliphatic carbocycles. The summed E-state index contributed by atoms with van der Waals surface area (Å²) in [5, 5.41) is 3.26. The van der Waals surface area contributed by atoms with E-state index >= 15 is 0 Å². The van der Waals surface area contributed by atoms with Gasteiger partial charge in [0.05, 0.1) is 7.11 Å². The van der Waals surface area contributed by atoms with Crippen molar-refractivity contribution in [3.63, 3.8) is 0 Å². The number of nitrogens with one attached hydrogen (secondary N) is 1. The van der Waals surface area contributed by atoms with Gasteiger partial charge in [-0.05, 0) is 45.1 Å². The molecule has 2 aromatic rings. The van der Waals surface area contributed by atoms with Crippen LogP contribution in [0, 0.1) is 0 Å². The minimum absolute atomic E-state index is 0.443. The summed E-state index contributed by atoms with van der Waals surface area (Å²) in [5.74, 6) is 2.16. The topological polar surface area (TPSA) is 79.5 Å². The predicted octanol–water partition coefficient (Wildman–Crippen LogP) is 2.34. The number of aromatic nitrogens is 2. The first-order chi connectivity index (χ1) is 12.1. The number of nitrogens with zero attached hydrogens (tertiary/aromatic N) is 4. The Hall–Kier alpha value is -2.54. The predicted molar refractivity (Wildman–Crippen MR) is 102 cm³/mol. The number of methoxy groups -OCH3 is 1. The summed E-state index contributed by atoms with van der Waals surface area (Å²) in [7, 11) is 5.86. The molecule has 1 aliphatic rings. The van der Waals surface area contributed by atoms with Gasteiger partial charge in [-0.1, -0.05) is 6.07 Å². The standard InChI is InChI=1S/C18H26N6O/c1-23-9-7-14(8-10-23)24(2)18-16(19)17(20-12-21-18)22-13-5-4-6-15(11-13)25-3/h4-6,11-12,14H,7-10,19H2,1-3H3,(H,20,21,22). The van der Waals surface area contributed by atoms with Crippen LogP contribution in [0.25, 0.3) is 0 Å². The molecule has 0 radical (unpaired) electrons. The van der Waals surface area contributed by atoms with Gasteiger partial charge in [0.25, 0.3) is 0 Å². The Kier molecular flexibility index (Phi) is 5.23. The first-order valence-corrected chi connectivity index (χ1v) is 8.51. The lowest BCUT2D eigenvalue weighted by Crippen LogP contribution is -2.42. The highest BCUT2D eigenvalue weighted by Crippen LogP contribution is 2.31. The normalized spacial score (nSPS) is 15.8. The Morgan fingerprint density at radius 1 is 1.28 bits per heavy atom. The van der Waals surface area contributed by atoms with Gasteiger partial charge >= 0.3 is 0 Å². The van der Waals surface area contributed by atoms with E-state index in [0.717, 1.165) is 43.2 Å². The van der Waals surface area contributed by atoms with Crippen molar-refractivity contribution in [2.24, 2.45) is 0 Å². The van der Waals surface area contributed by atoms with Gasteiger partial charge < -0.3 is 25.6 Å². The zero-order valence-corrected chi connectivity index (χ0v) is 15.1. The highest BCUT2D eigenvalue weighted by molar-refractivity contribution is 5.78. The molecule has 1 aromatic carbocycles. The third kappa shape index (κ3) is 3.93. The van der Waals surface area contributed by atoms with Gasteiger partial charge in [0, 0.05) is 24.8 Å². The second-order valence-electron chi connectivity index (χ2n) is 6.46. The van der Waals surface area contributed by atoms with Crippen molar-refractivity contribution in [3.8, 4) is 5.75 Å². The zero-order chi connectivity index (χ0) is 17.8. The van der Waals surface area contributed by atoms with E-state index in [9.17, 15) is 0 Å². The van der Waals surface area contributed by atoms with E-state index in [1.807, 2.05) is 24.3 Å². The van der Waals surface area contributed by atoms with E-state index in [-0.39, 0.29) is 0 Å². The van der Waals surface area contributed by atoms with Crippen LogP contribution in [0.5, 0.6) is 5.75 Å². The van der Waals surface area contributed by atoms with Crippen molar-refractivity contribution in [2.75, 3.05) is 50.2 Å². The minimum atomic E-state index is 0.443. The van der Waals surface area contributed by atoms with Gasteiger partial charge in [-0.3, -0.25) is 0 Å². The first kappa shape index (κ1) is 17.3. The Bertz CT molecular complexity index is 714. The van der Waals surface area contributed by atoms with E-state index < -0.39 is 0 Å². The van der Waals surface area contributed by atoms with Gasteiger partial charge in [0.1, 0.15) is 17.8 Å². The lowest BCUT2D eigenvalue weighted by molar-refractivity contribution is 0.252. The molecule has 134 valence electrons. The van der Waals surface area contributed by atoms with Gasteiger partial charge in [0.15, 0.2) is 11.6 Å². The Morgan fingerprint density at radius 3 is 2.76 bits per heavy atom. The van der Waals surface area contributed by atoms with Crippen LogP contribution in [0.15, 0.2) is 30.6 Å². The Morgan fingerprint density at radius 2 is 2.04 bits per heavy atom. The fraction of sp³-hybridized carbons (Fsp3) is 0.444. The average Bonchev–Trinajstić information content (AvgIpc) is 2.64. The summed E-state index contributed by atoms with van der Waals surface area (Å²) in [5.41, 5.74) is 7.80. The van der Waals surface area contributed by atoms with Gasteiger partial charge in [-0.25, -0.2) is 9.97 Å². The quantitative estimate of drug-likeness (QED) is 0.863. The Labute approximate surface area is 148 Å². The highest BCUT2D eigenvalue weighted by atomic mass is 16.5. The second-order valence-corrected chi connectivity index (χ2v) is 6.46. The number of nitrogens with two attached hydrogens (primary N) is 1. The molecule has 1 fully saturated rings. The number of piperidine rings is 1. The number of hydrogen-bond donors (Lipinski definition) is 2. The van der Waals surface area contributed by atoms with Crippen LogP contribution >= 0.6 is 0 Å². The zero-order valence-electron chi connectivity index (χ0n) is 15.1. The van der Waals surface area contributed by atoms with Crippen molar-refractivity contribution < 1.29 is 4.74 Å². The number of rotatable bonds is 5. The number of nitrogen functional groups attached to an aromatic ring is 1. The van der Waals surface area contributed by atoms with Crippen molar-refractivity contribution in [2.45, 2.75) is 18.9 Å². The monoisotopic (exact) mass is 342 g/mol. The van der Waals surface area contributed by atoms with Crippen LogP contribution in [0.3, 0.4) is 0 Å². The van der Waals surface area contributed by atoms with E-state index in [0.29, 0.717) is 17.5 Å². The third-order valence-corrected chi connectivity index (χ3v) is 4.77. The Balaban J connectivity index is 1.79. The molecule has 2 heterocycles. The maximum Gasteiger partial charge on any atom is 0.159 e. The van der Waals surface area contributed by atoms with E-state index in [4.69, 9.17) is 10.5 Å². The van der Waals surface area contributed by atoms with E-state index in [2.05, 4.69) is 39.2 Å². The molecule has 0 saturated carbocycles. The van der Waals surface area contributed by atoms with Crippen LogP contribution in [0.1, 0.15) is 12.8 Å². The summed E-state index contributed by atoms with van der Waals surface area (Å²) < 4.78 is 5.26. The van der Waals surface area contributed by atoms with Crippen molar-refractivity contribution in [1.29, 1.82) is 0 Å². The molecule has 3 N–H and O–H groups in total. The van der Waals surface area contributed by atoms with Crippen LogP contribution in [0.2, 0.25) is 0 Å². The number of benzene rings is 1. The molecule has 1 aromatic heterocycles. The maximum absolute atomic E-state index is 6.37. The summed E-state index contributed by atoms with van der Waals surface area (Å²) in [4.78, 5) is 13.3. The largest absolute Gasteiger partial charge is 0.497 e. The van der Waals surface area contributed by atoms with Crippen LogP contribution in [0.4, 0.5) is 23.0 Å². The molecule has 0 spiro atoms. The minimum Gasteiger partial charge on any atom is -0.497 e. The summed E-state index contributed by atoms with van der Waals surface area (Å²) >= 11 is 0. The molecule has 7 heteroatoms. The lowest BCUT2D eigenvalue weighted by Gasteiger charge is -2.36. The number of likely N-dealkylation sites (tertiary alicyclic amines) is 1. The fourth-order valence-corrected chi connectivity index (χ4v) is 3.16. The first-order valence-electron chi connectivity index (χ1n) is 8.51. The van der Waals surface area contributed by atoms with E-state index in [1.54, 1.807) is 13.4 Å². The van der Waals surface area contributed by atoms with E-state index in [1.165, 1.54) is 0 Å². The van der Waals surface area contributed by atoms with Gasteiger partial charge in [-0.2, -0.15) is 0 Å². The molecule has 3 rings (SSSR count). The molecular formula is C18H26N6O. The molecule has 0 amide bonds. The molecule has 1 saturated heterocycles. The SMILES string of the molecule is COc1cccc(Nc2ncnc(N(C)C3CCN(C)CC3)c2N)c1. The van der Waals surface area contributed by atoms with Crippen LogP contribution in [-0.4, -0.2) is 55.2 Å². The highest BCUT2D eigenvalue weighted by Gasteiger charge is 2.23. The number of anilines is 4. The smallest absolute Gasteiger partial charge is 0.159 e. The molecule has 1 aliphatic heterocycles. The van der Waals surface area contributed by atoms with Crippen molar-refractivity contribution in [1.82, 2.24) is 14.9 Å². The molecule has 7 nitrogen and oxygen atoms in total. The fourth-order valence-electron chi connectivity index (χ4n) is 3.16. The summed E-state index contributed by atoms with van der Waals surface area (Å²) in [6.07, 6.45) is 3.77. The average molecular weight is 342 g/mol. The van der Waals surface area contributed by atoms with Gasteiger partial charge in [-0.15, -0.1) is 0 Å².